The van der Waals surface area contributed by atoms with Crippen LogP contribution in [0.3, 0.4) is 0 Å². The van der Waals surface area contributed by atoms with Gasteiger partial charge in [-0.1, -0.05) is 152 Å². The lowest BCUT2D eigenvalue weighted by atomic mass is 9.81. The van der Waals surface area contributed by atoms with Gasteiger partial charge in [-0.2, -0.15) is 0 Å². The molecule has 0 aliphatic carbocycles. The van der Waals surface area contributed by atoms with Gasteiger partial charge in [-0.25, -0.2) is 4.98 Å². The van der Waals surface area contributed by atoms with Gasteiger partial charge in [0.05, 0.1) is 16.7 Å². The van der Waals surface area contributed by atoms with Crippen molar-refractivity contribution in [2.45, 2.75) is 0 Å². The van der Waals surface area contributed by atoms with Gasteiger partial charge >= 0.3 is 0 Å². The molecule has 9 rings (SSSR count). The lowest BCUT2D eigenvalue weighted by Gasteiger charge is -2.22. The summed E-state index contributed by atoms with van der Waals surface area (Å²) in [6.45, 7) is 0. The average Bonchev–Trinajstić information content (AvgIpc) is 3.14. The van der Waals surface area contributed by atoms with Crippen LogP contribution in [0.4, 0.5) is 0 Å². The molecule has 0 bridgehead atoms. The van der Waals surface area contributed by atoms with E-state index >= 15 is 0 Å². The van der Waals surface area contributed by atoms with Crippen LogP contribution in [0.15, 0.2) is 170 Å². The van der Waals surface area contributed by atoms with Crippen LogP contribution in [0.1, 0.15) is 0 Å². The lowest BCUT2D eigenvalue weighted by Crippen LogP contribution is -1.96. The van der Waals surface area contributed by atoms with Crippen molar-refractivity contribution in [3.63, 3.8) is 0 Å². The maximum absolute atomic E-state index is 5.34. The van der Waals surface area contributed by atoms with Crippen LogP contribution < -0.4 is 0 Å². The van der Waals surface area contributed by atoms with Gasteiger partial charge in [0.25, 0.3) is 0 Å². The van der Waals surface area contributed by atoms with Crippen LogP contribution in [0.2, 0.25) is 0 Å². The third-order valence-corrected chi connectivity index (χ3v) is 9.10. The Labute approximate surface area is 267 Å². The summed E-state index contributed by atoms with van der Waals surface area (Å²) >= 11 is 0. The number of pyridine rings is 2. The molecule has 2 heterocycles. The number of hydrogen-bond donors (Lipinski definition) is 0. The van der Waals surface area contributed by atoms with Crippen molar-refractivity contribution in [3.05, 3.63) is 170 Å². The molecule has 9 aromatic rings. The van der Waals surface area contributed by atoms with Gasteiger partial charge in [-0.3, -0.25) is 4.98 Å². The molecule has 2 heteroatoms. The number of rotatable bonds is 4. The van der Waals surface area contributed by atoms with E-state index in [-0.39, 0.29) is 0 Å². The molecule has 0 saturated heterocycles. The first-order chi connectivity index (χ1) is 22.8. The fourth-order valence-electron chi connectivity index (χ4n) is 7.07. The number of benzene rings is 7. The first-order valence-electron chi connectivity index (χ1n) is 15.7. The van der Waals surface area contributed by atoms with Gasteiger partial charge in [-0.15, -0.1) is 0 Å². The van der Waals surface area contributed by atoms with E-state index in [2.05, 4.69) is 158 Å². The molecule has 2 nitrogen and oxygen atoms in total. The molecule has 0 amide bonds. The quantitative estimate of drug-likeness (QED) is 0.152. The maximum atomic E-state index is 5.34. The topological polar surface area (TPSA) is 25.8 Å². The van der Waals surface area contributed by atoms with Crippen molar-refractivity contribution in [1.82, 2.24) is 9.97 Å². The maximum Gasteiger partial charge on any atom is 0.0972 e. The fraction of sp³-hybridized carbons (Fsp3) is 0. The van der Waals surface area contributed by atoms with Gasteiger partial charge in [0, 0.05) is 22.5 Å². The van der Waals surface area contributed by atoms with E-state index in [0.717, 1.165) is 33.1 Å². The van der Waals surface area contributed by atoms with Gasteiger partial charge < -0.3 is 0 Å². The van der Waals surface area contributed by atoms with E-state index < -0.39 is 0 Å². The van der Waals surface area contributed by atoms with E-state index in [1.165, 1.54) is 54.9 Å². The SMILES string of the molecule is c1ccc(-c2cccc(-c3ccccc3)c2-c2c3ccccc3c(-c3ccc4ccc5cccnc5c4n3)c3ccccc23)cc1. The molecule has 2 aromatic heterocycles. The molecule has 0 saturated carbocycles. The van der Waals surface area contributed by atoms with E-state index in [1.807, 2.05) is 12.3 Å². The third kappa shape index (κ3) is 4.19. The smallest absolute Gasteiger partial charge is 0.0972 e. The summed E-state index contributed by atoms with van der Waals surface area (Å²) in [5, 5.41) is 6.95. The molecule has 0 aliphatic rings. The highest BCUT2D eigenvalue weighted by Crippen LogP contribution is 2.49. The summed E-state index contributed by atoms with van der Waals surface area (Å²) < 4.78 is 0. The summed E-state index contributed by atoms with van der Waals surface area (Å²) in [6.07, 6.45) is 1.85. The van der Waals surface area contributed by atoms with Crippen LogP contribution in [0.25, 0.3) is 88.0 Å². The molecule has 0 N–H and O–H groups in total. The lowest BCUT2D eigenvalue weighted by molar-refractivity contribution is 1.38. The van der Waals surface area contributed by atoms with E-state index in [0.29, 0.717) is 0 Å². The van der Waals surface area contributed by atoms with E-state index in [9.17, 15) is 0 Å². The highest BCUT2D eigenvalue weighted by atomic mass is 14.8. The van der Waals surface area contributed by atoms with Gasteiger partial charge in [0.1, 0.15) is 0 Å². The normalized spacial score (nSPS) is 11.5. The number of nitrogens with zero attached hydrogens (tertiary/aromatic N) is 2. The van der Waals surface area contributed by atoms with Gasteiger partial charge in [0.2, 0.25) is 0 Å². The Morgan fingerprint density at radius 1 is 0.326 bits per heavy atom. The second-order valence-electron chi connectivity index (χ2n) is 11.7. The Bertz CT molecular complexity index is 2460. The number of aromatic nitrogens is 2. The average molecular weight is 585 g/mol. The zero-order chi connectivity index (χ0) is 30.5. The molecule has 0 spiro atoms. The molecular weight excluding hydrogens is 556 g/mol. The zero-order valence-corrected chi connectivity index (χ0v) is 25.1. The summed E-state index contributed by atoms with van der Waals surface area (Å²) in [5.41, 5.74) is 11.2. The van der Waals surface area contributed by atoms with Crippen molar-refractivity contribution in [3.8, 4) is 44.6 Å². The second-order valence-corrected chi connectivity index (χ2v) is 11.7. The Hall–Kier alpha value is -6.12. The van der Waals surface area contributed by atoms with Gasteiger partial charge in [0.15, 0.2) is 0 Å². The molecule has 0 aliphatic heterocycles. The van der Waals surface area contributed by atoms with Crippen LogP contribution in [0, 0.1) is 0 Å². The van der Waals surface area contributed by atoms with Crippen LogP contribution >= 0.6 is 0 Å². The first-order valence-corrected chi connectivity index (χ1v) is 15.7. The summed E-state index contributed by atoms with van der Waals surface area (Å²) in [6, 6.07) is 58.5. The third-order valence-electron chi connectivity index (χ3n) is 9.10. The Balaban J connectivity index is 1.42. The predicted octanol–water partition coefficient (Wildman–Crippen LogP) is 11.8. The van der Waals surface area contributed by atoms with Crippen molar-refractivity contribution < 1.29 is 0 Å². The van der Waals surface area contributed by atoms with Crippen molar-refractivity contribution in [2.24, 2.45) is 0 Å². The highest BCUT2D eigenvalue weighted by molar-refractivity contribution is 6.23. The molecule has 46 heavy (non-hydrogen) atoms. The summed E-state index contributed by atoms with van der Waals surface area (Å²) in [5.74, 6) is 0. The molecule has 0 fully saturated rings. The zero-order valence-electron chi connectivity index (χ0n) is 25.1. The van der Waals surface area contributed by atoms with Crippen LogP contribution in [-0.4, -0.2) is 9.97 Å². The number of fused-ring (bicyclic) bond motifs is 5. The molecule has 0 radical (unpaired) electrons. The Morgan fingerprint density at radius 3 is 1.41 bits per heavy atom. The van der Waals surface area contributed by atoms with Crippen molar-refractivity contribution in [1.29, 1.82) is 0 Å². The largest absolute Gasteiger partial charge is 0.254 e. The first kappa shape index (κ1) is 26.3. The Morgan fingerprint density at radius 2 is 0.826 bits per heavy atom. The summed E-state index contributed by atoms with van der Waals surface area (Å²) in [7, 11) is 0. The summed E-state index contributed by atoms with van der Waals surface area (Å²) in [4.78, 5) is 10.1. The highest BCUT2D eigenvalue weighted by Gasteiger charge is 2.22. The number of hydrogen-bond acceptors (Lipinski definition) is 2. The minimum atomic E-state index is 0.925. The van der Waals surface area contributed by atoms with Crippen molar-refractivity contribution in [2.75, 3.05) is 0 Å². The molecule has 0 unspecified atom stereocenters. The predicted molar refractivity (Wildman–Crippen MR) is 194 cm³/mol. The van der Waals surface area contributed by atoms with Crippen molar-refractivity contribution >= 4 is 43.4 Å². The molecular formula is C44H28N2. The van der Waals surface area contributed by atoms with Crippen LogP contribution in [0.5, 0.6) is 0 Å². The standard InChI is InChI=1S/C44H28N2/c1-3-13-29(14-4-1)33-22-11-23-34(30-15-5-2-6-16-30)41(33)42-37-20-9-7-18-35(37)40(36-19-8-10-21-38(36)42)39-27-26-32-25-24-31-17-12-28-45-43(31)44(32)46-39/h1-28H. The molecule has 7 aromatic carbocycles. The van der Waals surface area contributed by atoms with E-state index in [1.54, 1.807) is 0 Å². The fourth-order valence-corrected chi connectivity index (χ4v) is 7.07. The monoisotopic (exact) mass is 584 g/mol. The molecule has 214 valence electrons. The van der Waals surface area contributed by atoms with E-state index in [4.69, 9.17) is 9.97 Å². The Kier molecular flexibility index (Phi) is 6.17. The molecule has 0 atom stereocenters. The minimum Gasteiger partial charge on any atom is -0.254 e. The van der Waals surface area contributed by atoms with Gasteiger partial charge in [-0.05, 0) is 67.1 Å². The minimum absolute atomic E-state index is 0.925. The second kappa shape index (κ2) is 10.8. The van der Waals surface area contributed by atoms with Crippen LogP contribution in [-0.2, 0) is 0 Å².